The standard InChI is InChI=1S/C16H20O/c1-3-6-12(2)16(17)15-10-9-13-7-4-5-8-14(13)11-15/h4-5,7-12,16-17H,3,6H2,1-2H3. The van der Waals surface area contributed by atoms with Crippen molar-refractivity contribution in [1.29, 1.82) is 0 Å². The lowest BCUT2D eigenvalue weighted by Gasteiger charge is -2.19. The Morgan fingerprint density at radius 1 is 1.06 bits per heavy atom. The number of hydrogen-bond donors (Lipinski definition) is 1. The number of aliphatic hydroxyl groups excluding tert-OH is 1. The second-order valence-electron chi connectivity index (χ2n) is 4.82. The molecule has 0 aliphatic carbocycles. The zero-order valence-corrected chi connectivity index (χ0v) is 10.6. The maximum atomic E-state index is 10.3. The van der Waals surface area contributed by atoms with Crippen LogP contribution in [0.15, 0.2) is 42.5 Å². The van der Waals surface area contributed by atoms with Crippen LogP contribution in [0.4, 0.5) is 0 Å². The minimum absolute atomic E-state index is 0.321. The van der Waals surface area contributed by atoms with E-state index in [1.807, 2.05) is 18.2 Å². The normalized spacial score (nSPS) is 14.8. The van der Waals surface area contributed by atoms with Gasteiger partial charge in [-0.1, -0.05) is 56.7 Å². The van der Waals surface area contributed by atoms with Crippen molar-refractivity contribution >= 4 is 10.8 Å². The topological polar surface area (TPSA) is 20.2 Å². The van der Waals surface area contributed by atoms with E-state index in [0.29, 0.717) is 5.92 Å². The fraction of sp³-hybridized carbons (Fsp3) is 0.375. The van der Waals surface area contributed by atoms with E-state index in [1.54, 1.807) is 0 Å². The largest absolute Gasteiger partial charge is 0.388 e. The molecule has 90 valence electrons. The van der Waals surface area contributed by atoms with E-state index < -0.39 is 0 Å². The SMILES string of the molecule is CCCC(C)C(O)c1ccc2ccccc2c1. The molecule has 0 radical (unpaired) electrons. The van der Waals surface area contributed by atoms with Gasteiger partial charge in [0, 0.05) is 0 Å². The first-order valence-electron chi connectivity index (χ1n) is 6.39. The Labute approximate surface area is 103 Å². The van der Waals surface area contributed by atoms with E-state index in [-0.39, 0.29) is 6.10 Å². The minimum Gasteiger partial charge on any atom is -0.388 e. The van der Waals surface area contributed by atoms with Crippen molar-refractivity contribution in [3.8, 4) is 0 Å². The predicted octanol–water partition coefficient (Wildman–Crippen LogP) is 4.31. The van der Waals surface area contributed by atoms with Gasteiger partial charge in [-0.05, 0) is 34.7 Å². The molecule has 2 aromatic rings. The zero-order valence-electron chi connectivity index (χ0n) is 10.6. The number of fused-ring (bicyclic) bond motifs is 1. The zero-order chi connectivity index (χ0) is 12.3. The van der Waals surface area contributed by atoms with Crippen molar-refractivity contribution in [1.82, 2.24) is 0 Å². The average Bonchev–Trinajstić information content (AvgIpc) is 2.37. The molecule has 0 aliphatic heterocycles. The van der Waals surface area contributed by atoms with Crippen molar-refractivity contribution in [2.24, 2.45) is 5.92 Å². The highest BCUT2D eigenvalue weighted by Gasteiger charge is 2.15. The van der Waals surface area contributed by atoms with Crippen LogP contribution in [0, 0.1) is 5.92 Å². The molecule has 0 amide bonds. The van der Waals surface area contributed by atoms with E-state index in [4.69, 9.17) is 0 Å². The lowest BCUT2D eigenvalue weighted by atomic mass is 9.92. The first-order valence-corrected chi connectivity index (χ1v) is 6.39. The van der Waals surface area contributed by atoms with Gasteiger partial charge in [-0.15, -0.1) is 0 Å². The highest BCUT2D eigenvalue weighted by atomic mass is 16.3. The summed E-state index contributed by atoms with van der Waals surface area (Å²) in [5.74, 6) is 0.321. The van der Waals surface area contributed by atoms with Crippen molar-refractivity contribution in [3.63, 3.8) is 0 Å². The average molecular weight is 228 g/mol. The fourth-order valence-corrected chi connectivity index (χ4v) is 2.33. The van der Waals surface area contributed by atoms with Crippen LogP contribution >= 0.6 is 0 Å². The third-order valence-electron chi connectivity index (χ3n) is 3.40. The van der Waals surface area contributed by atoms with Crippen LogP contribution in [0.2, 0.25) is 0 Å². The molecule has 0 heterocycles. The molecular formula is C16H20O. The fourth-order valence-electron chi connectivity index (χ4n) is 2.33. The van der Waals surface area contributed by atoms with E-state index in [9.17, 15) is 5.11 Å². The Hall–Kier alpha value is -1.34. The van der Waals surface area contributed by atoms with Gasteiger partial charge in [0.25, 0.3) is 0 Å². The molecule has 1 N–H and O–H groups in total. The summed E-state index contributed by atoms with van der Waals surface area (Å²) < 4.78 is 0. The summed E-state index contributed by atoms with van der Waals surface area (Å²) in [6.45, 7) is 4.27. The van der Waals surface area contributed by atoms with Gasteiger partial charge in [-0.2, -0.15) is 0 Å². The van der Waals surface area contributed by atoms with Gasteiger partial charge in [-0.3, -0.25) is 0 Å². The van der Waals surface area contributed by atoms with Gasteiger partial charge >= 0.3 is 0 Å². The predicted molar refractivity (Wildman–Crippen MR) is 73.0 cm³/mol. The molecule has 0 saturated heterocycles. The van der Waals surface area contributed by atoms with E-state index in [1.165, 1.54) is 10.8 Å². The maximum absolute atomic E-state index is 10.3. The van der Waals surface area contributed by atoms with Crippen molar-refractivity contribution in [3.05, 3.63) is 48.0 Å². The summed E-state index contributed by atoms with van der Waals surface area (Å²) in [6, 6.07) is 14.5. The molecule has 2 rings (SSSR count). The third-order valence-corrected chi connectivity index (χ3v) is 3.40. The number of hydrogen-bond acceptors (Lipinski definition) is 1. The monoisotopic (exact) mass is 228 g/mol. The third kappa shape index (κ3) is 2.67. The van der Waals surface area contributed by atoms with Crippen LogP contribution < -0.4 is 0 Å². The molecule has 0 bridgehead atoms. The molecular weight excluding hydrogens is 208 g/mol. The van der Waals surface area contributed by atoms with Gasteiger partial charge in [0.05, 0.1) is 6.10 Å². The Kier molecular flexibility index (Phi) is 3.80. The van der Waals surface area contributed by atoms with Gasteiger partial charge in [0.15, 0.2) is 0 Å². The molecule has 2 aromatic carbocycles. The summed E-state index contributed by atoms with van der Waals surface area (Å²) >= 11 is 0. The van der Waals surface area contributed by atoms with Crippen LogP contribution in [0.3, 0.4) is 0 Å². The van der Waals surface area contributed by atoms with Gasteiger partial charge in [0.1, 0.15) is 0 Å². The molecule has 0 fully saturated rings. The molecule has 0 aromatic heterocycles. The number of benzene rings is 2. The molecule has 0 aliphatic rings. The lowest BCUT2D eigenvalue weighted by molar-refractivity contribution is 0.112. The van der Waals surface area contributed by atoms with E-state index in [2.05, 4.69) is 38.1 Å². The van der Waals surface area contributed by atoms with Gasteiger partial charge in [0.2, 0.25) is 0 Å². The van der Waals surface area contributed by atoms with Crippen LogP contribution in [-0.4, -0.2) is 5.11 Å². The molecule has 0 spiro atoms. The van der Waals surface area contributed by atoms with E-state index >= 15 is 0 Å². The second-order valence-corrected chi connectivity index (χ2v) is 4.82. The Bertz CT molecular complexity index is 490. The summed E-state index contributed by atoms with van der Waals surface area (Å²) in [5, 5.41) is 12.7. The second kappa shape index (κ2) is 5.33. The van der Waals surface area contributed by atoms with Crippen LogP contribution in [0.5, 0.6) is 0 Å². The van der Waals surface area contributed by atoms with Gasteiger partial charge in [-0.25, -0.2) is 0 Å². The van der Waals surface area contributed by atoms with Crippen molar-refractivity contribution < 1.29 is 5.11 Å². The summed E-state index contributed by atoms with van der Waals surface area (Å²) in [7, 11) is 0. The van der Waals surface area contributed by atoms with Crippen LogP contribution in [-0.2, 0) is 0 Å². The number of rotatable bonds is 4. The van der Waals surface area contributed by atoms with E-state index in [0.717, 1.165) is 18.4 Å². The van der Waals surface area contributed by atoms with Crippen LogP contribution in [0.1, 0.15) is 38.4 Å². The molecule has 17 heavy (non-hydrogen) atoms. The highest BCUT2D eigenvalue weighted by Crippen LogP contribution is 2.27. The van der Waals surface area contributed by atoms with Crippen molar-refractivity contribution in [2.75, 3.05) is 0 Å². The molecule has 1 nitrogen and oxygen atoms in total. The summed E-state index contributed by atoms with van der Waals surface area (Å²) in [6.07, 6.45) is 1.83. The molecule has 2 unspecified atom stereocenters. The minimum atomic E-state index is -0.348. The smallest absolute Gasteiger partial charge is 0.0815 e. The Balaban J connectivity index is 2.29. The summed E-state index contributed by atoms with van der Waals surface area (Å²) in [5.41, 5.74) is 1.03. The first kappa shape index (κ1) is 12.1. The Morgan fingerprint density at radius 3 is 2.47 bits per heavy atom. The first-order chi connectivity index (χ1) is 8.22. The van der Waals surface area contributed by atoms with Crippen molar-refractivity contribution in [2.45, 2.75) is 32.8 Å². The highest BCUT2D eigenvalue weighted by molar-refractivity contribution is 5.83. The number of aliphatic hydroxyl groups is 1. The molecule has 2 atom stereocenters. The quantitative estimate of drug-likeness (QED) is 0.826. The lowest BCUT2D eigenvalue weighted by Crippen LogP contribution is -2.08. The molecule has 1 heteroatoms. The van der Waals surface area contributed by atoms with Crippen LogP contribution in [0.25, 0.3) is 10.8 Å². The summed E-state index contributed by atoms with van der Waals surface area (Å²) in [4.78, 5) is 0. The molecule has 0 saturated carbocycles. The Morgan fingerprint density at radius 2 is 1.76 bits per heavy atom. The van der Waals surface area contributed by atoms with Gasteiger partial charge < -0.3 is 5.11 Å². The maximum Gasteiger partial charge on any atom is 0.0815 e.